The first-order valence-corrected chi connectivity index (χ1v) is 9.83. The number of fused-ring (bicyclic) bond motifs is 1. The van der Waals surface area contributed by atoms with Gasteiger partial charge in [0.05, 0.1) is 24.1 Å². The Kier molecular flexibility index (Phi) is 5.74. The topological polar surface area (TPSA) is 103 Å². The van der Waals surface area contributed by atoms with Crippen molar-refractivity contribution in [2.24, 2.45) is 0 Å². The molecule has 0 radical (unpaired) electrons. The number of carbonyl (C=O) groups is 1. The Morgan fingerprint density at radius 1 is 1.13 bits per heavy atom. The van der Waals surface area contributed by atoms with Gasteiger partial charge in [-0.05, 0) is 37.6 Å². The van der Waals surface area contributed by atoms with E-state index < -0.39 is 0 Å². The van der Waals surface area contributed by atoms with E-state index in [1.165, 1.54) is 0 Å². The van der Waals surface area contributed by atoms with E-state index in [1.807, 2.05) is 55.5 Å². The average molecular weight is 406 g/mol. The lowest BCUT2D eigenvalue weighted by Gasteiger charge is -2.05. The molecule has 0 unspecified atom stereocenters. The number of carbonyl (C=O) groups excluding carboxylic acids is 1. The van der Waals surface area contributed by atoms with Gasteiger partial charge in [-0.3, -0.25) is 9.36 Å². The van der Waals surface area contributed by atoms with Crippen LogP contribution in [0, 0.1) is 6.92 Å². The Hall–Kier alpha value is -3.68. The van der Waals surface area contributed by atoms with Crippen molar-refractivity contribution in [3.05, 3.63) is 70.5 Å². The number of esters is 1. The maximum absolute atomic E-state index is 12.0. The van der Waals surface area contributed by atoms with Gasteiger partial charge in [0.15, 0.2) is 0 Å². The third-order valence-electron chi connectivity index (χ3n) is 4.78. The fourth-order valence-corrected chi connectivity index (χ4v) is 3.19. The second-order valence-electron chi connectivity index (χ2n) is 7.04. The summed E-state index contributed by atoms with van der Waals surface area (Å²) in [6.07, 6.45) is 1.02. The van der Waals surface area contributed by atoms with Crippen LogP contribution in [-0.4, -0.2) is 32.3 Å². The molecule has 0 amide bonds. The number of aromatic nitrogens is 4. The van der Waals surface area contributed by atoms with Crippen molar-refractivity contribution in [2.75, 3.05) is 6.61 Å². The molecule has 0 saturated heterocycles. The number of H-pyrrole nitrogens is 1. The molecule has 0 fully saturated rings. The number of hydrogen-bond acceptors (Lipinski definition) is 6. The van der Waals surface area contributed by atoms with Gasteiger partial charge in [0.2, 0.25) is 11.8 Å². The minimum atomic E-state index is -0.337. The maximum Gasteiger partial charge on any atom is 0.326 e. The zero-order valence-electron chi connectivity index (χ0n) is 16.6. The smallest absolute Gasteiger partial charge is 0.326 e. The lowest BCUT2D eigenvalue weighted by atomic mass is 10.1. The standard InChI is InChI=1S/C22H22N4O4/c1-15-7-9-16(10-8-15)21-25-24-19(30-21)11-12-20(27)29-14-4-13-26-18-6-3-2-5-17(18)23-22(26)28/h2-3,5-10H,4,11-14H2,1H3,(H,23,28). The zero-order chi connectivity index (χ0) is 20.9. The number of imidazole rings is 1. The highest BCUT2D eigenvalue weighted by Gasteiger charge is 2.12. The summed E-state index contributed by atoms with van der Waals surface area (Å²) in [6.45, 7) is 2.72. The molecule has 0 spiro atoms. The van der Waals surface area contributed by atoms with Crippen LogP contribution in [-0.2, 0) is 22.5 Å². The molecule has 0 aliphatic heterocycles. The van der Waals surface area contributed by atoms with E-state index in [2.05, 4.69) is 15.2 Å². The predicted molar refractivity (Wildman–Crippen MR) is 111 cm³/mol. The molecule has 0 atom stereocenters. The van der Waals surface area contributed by atoms with Gasteiger partial charge in [-0.25, -0.2) is 4.79 Å². The fraction of sp³-hybridized carbons (Fsp3) is 0.273. The predicted octanol–water partition coefficient (Wildman–Crippen LogP) is 3.25. The molecule has 2 aromatic heterocycles. The third-order valence-corrected chi connectivity index (χ3v) is 4.78. The quantitative estimate of drug-likeness (QED) is 0.356. The molecule has 2 aromatic carbocycles. The first kappa shape index (κ1) is 19.6. The average Bonchev–Trinajstić information content (AvgIpc) is 3.34. The second-order valence-corrected chi connectivity index (χ2v) is 7.04. The van der Waals surface area contributed by atoms with E-state index in [4.69, 9.17) is 9.15 Å². The number of nitrogens with zero attached hydrogens (tertiary/aromatic N) is 3. The van der Waals surface area contributed by atoms with E-state index in [1.54, 1.807) is 4.57 Å². The normalized spacial score (nSPS) is 11.1. The molecule has 154 valence electrons. The SMILES string of the molecule is Cc1ccc(-c2nnc(CCC(=O)OCCCn3c(=O)[nH]c4ccccc43)o2)cc1. The van der Waals surface area contributed by atoms with E-state index in [9.17, 15) is 9.59 Å². The molecule has 1 N–H and O–H groups in total. The van der Waals surface area contributed by atoms with E-state index in [-0.39, 0.29) is 24.7 Å². The van der Waals surface area contributed by atoms with Gasteiger partial charge >= 0.3 is 11.7 Å². The Labute approximate surface area is 172 Å². The third kappa shape index (κ3) is 4.48. The number of para-hydroxylation sites is 2. The Bertz CT molecular complexity index is 1200. The summed E-state index contributed by atoms with van der Waals surface area (Å²) in [4.78, 5) is 26.8. The number of hydrogen-bond donors (Lipinski definition) is 1. The van der Waals surface area contributed by atoms with Gasteiger partial charge in [0.1, 0.15) is 0 Å². The molecule has 0 aliphatic rings. The summed E-state index contributed by atoms with van der Waals surface area (Å²) in [5.74, 6) is 0.492. The highest BCUT2D eigenvalue weighted by Crippen LogP contribution is 2.18. The summed E-state index contributed by atoms with van der Waals surface area (Å²) < 4.78 is 12.5. The summed E-state index contributed by atoms with van der Waals surface area (Å²) in [5, 5.41) is 8.02. The van der Waals surface area contributed by atoms with Crippen molar-refractivity contribution in [3.8, 4) is 11.5 Å². The molecular formula is C22H22N4O4. The van der Waals surface area contributed by atoms with Crippen LogP contribution in [0.2, 0.25) is 0 Å². The largest absolute Gasteiger partial charge is 0.466 e. The highest BCUT2D eigenvalue weighted by atomic mass is 16.5. The summed E-state index contributed by atoms with van der Waals surface area (Å²) in [5.41, 5.74) is 3.47. The molecule has 8 heteroatoms. The monoisotopic (exact) mass is 406 g/mol. The molecule has 0 saturated carbocycles. The molecule has 4 rings (SSSR count). The molecular weight excluding hydrogens is 384 g/mol. The molecule has 8 nitrogen and oxygen atoms in total. The lowest BCUT2D eigenvalue weighted by molar-refractivity contribution is -0.143. The molecule has 30 heavy (non-hydrogen) atoms. The fourth-order valence-electron chi connectivity index (χ4n) is 3.19. The van der Waals surface area contributed by atoms with Gasteiger partial charge in [-0.15, -0.1) is 10.2 Å². The highest BCUT2D eigenvalue weighted by molar-refractivity contribution is 5.74. The number of aryl methyl sites for hydroxylation is 3. The number of ether oxygens (including phenoxy) is 1. The van der Waals surface area contributed by atoms with Crippen molar-refractivity contribution < 1.29 is 13.9 Å². The number of aromatic amines is 1. The van der Waals surface area contributed by atoms with Crippen molar-refractivity contribution in [3.63, 3.8) is 0 Å². The van der Waals surface area contributed by atoms with Crippen molar-refractivity contribution in [2.45, 2.75) is 32.7 Å². The van der Waals surface area contributed by atoms with Crippen LogP contribution >= 0.6 is 0 Å². The number of nitrogens with one attached hydrogen (secondary N) is 1. The molecule has 0 bridgehead atoms. The molecule has 0 aliphatic carbocycles. The van der Waals surface area contributed by atoms with Gasteiger partial charge in [0, 0.05) is 18.5 Å². The van der Waals surface area contributed by atoms with Crippen LogP contribution in [0.4, 0.5) is 0 Å². The van der Waals surface area contributed by atoms with Crippen molar-refractivity contribution >= 4 is 17.0 Å². The van der Waals surface area contributed by atoms with Gasteiger partial charge in [0.25, 0.3) is 0 Å². The first-order valence-electron chi connectivity index (χ1n) is 9.83. The van der Waals surface area contributed by atoms with Gasteiger partial charge in [-0.2, -0.15) is 0 Å². The lowest BCUT2D eigenvalue weighted by Crippen LogP contribution is -2.18. The molecule has 4 aromatic rings. The number of benzene rings is 2. The van der Waals surface area contributed by atoms with Crippen molar-refractivity contribution in [1.82, 2.24) is 19.7 Å². The Balaban J connectivity index is 1.22. The van der Waals surface area contributed by atoms with E-state index in [0.717, 1.165) is 22.2 Å². The van der Waals surface area contributed by atoms with Crippen LogP contribution in [0.15, 0.2) is 57.7 Å². The summed E-state index contributed by atoms with van der Waals surface area (Å²) >= 11 is 0. The van der Waals surface area contributed by atoms with Gasteiger partial charge in [-0.1, -0.05) is 29.8 Å². The van der Waals surface area contributed by atoms with Gasteiger partial charge < -0.3 is 14.1 Å². The summed E-state index contributed by atoms with van der Waals surface area (Å²) in [7, 11) is 0. The minimum Gasteiger partial charge on any atom is -0.466 e. The van der Waals surface area contributed by atoms with Crippen LogP contribution in [0.25, 0.3) is 22.5 Å². The van der Waals surface area contributed by atoms with Crippen LogP contribution in [0.5, 0.6) is 0 Å². The Morgan fingerprint density at radius 3 is 2.77 bits per heavy atom. The Morgan fingerprint density at radius 2 is 1.93 bits per heavy atom. The maximum atomic E-state index is 12.0. The van der Waals surface area contributed by atoms with Crippen LogP contribution in [0.3, 0.4) is 0 Å². The zero-order valence-corrected chi connectivity index (χ0v) is 16.6. The minimum absolute atomic E-state index is 0.155. The summed E-state index contributed by atoms with van der Waals surface area (Å²) in [6, 6.07) is 15.3. The number of rotatable bonds is 8. The molecule has 2 heterocycles. The van der Waals surface area contributed by atoms with Crippen molar-refractivity contribution in [1.29, 1.82) is 0 Å². The van der Waals surface area contributed by atoms with Crippen LogP contribution in [0.1, 0.15) is 24.3 Å². The second kappa shape index (κ2) is 8.77. The van der Waals surface area contributed by atoms with E-state index >= 15 is 0 Å². The first-order chi connectivity index (χ1) is 14.6. The van der Waals surface area contributed by atoms with Crippen LogP contribution < -0.4 is 5.69 Å². The van der Waals surface area contributed by atoms with E-state index in [0.29, 0.717) is 31.2 Å².